The monoisotopic (exact) mass is 507 g/mol. The lowest BCUT2D eigenvalue weighted by molar-refractivity contribution is 0.557. The highest BCUT2D eigenvalue weighted by Gasteiger charge is 2.11. The number of nitrogens with zero attached hydrogens (tertiary/aromatic N) is 1. The summed E-state index contributed by atoms with van der Waals surface area (Å²) >= 11 is 12.6. The van der Waals surface area contributed by atoms with Crippen molar-refractivity contribution in [3.05, 3.63) is 45.3 Å². The summed E-state index contributed by atoms with van der Waals surface area (Å²) in [6.07, 6.45) is 9.83. The molecular formula is C23H24Br2ClN. The largest absolute Gasteiger partial charge is 0.340 e. The fourth-order valence-corrected chi connectivity index (χ4v) is 4.52. The molecule has 0 aliphatic rings. The van der Waals surface area contributed by atoms with Crippen molar-refractivity contribution in [1.82, 2.24) is 4.57 Å². The third kappa shape index (κ3) is 5.53. The highest BCUT2D eigenvalue weighted by atomic mass is 79.9. The molecule has 3 aromatic rings. The number of hydrogen-bond donors (Lipinski definition) is 0. The predicted molar refractivity (Wildman–Crippen MR) is 125 cm³/mol. The first-order valence-electron chi connectivity index (χ1n) is 9.66. The normalized spacial score (nSPS) is 11.1. The van der Waals surface area contributed by atoms with Crippen LogP contribution in [0.5, 0.6) is 0 Å². The second-order valence-electron chi connectivity index (χ2n) is 6.97. The SMILES string of the molecule is ClC#CCCCCCCCCCn1c2ccc(Br)cc2c2cc(Br)ccc21. The van der Waals surface area contributed by atoms with Gasteiger partial charge < -0.3 is 4.57 Å². The number of hydrogen-bond acceptors (Lipinski definition) is 0. The molecule has 0 saturated heterocycles. The number of fused-ring (bicyclic) bond motifs is 3. The van der Waals surface area contributed by atoms with E-state index in [4.69, 9.17) is 11.6 Å². The molecule has 1 nitrogen and oxygen atoms in total. The van der Waals surface area contributed by atoms with Crippen molar-refractivity contribution in [2.24, 2.45) is 0 Å². The Hall–Kier alpha value is -0.950. The summed E-state index contributed by atoms with van der Waals surface area (Å²) in [6, 6.07) is 13.2. The van der Waals surface area contributed by atoms with Crippen LogP contribution in [0, 0.1) is 11.3 Å². The number of halogens is 3. The average molecular weight is 510 g/mol. The van der Waals surface area contributed by atoms with Gasteiger partial charge in [0.25, 0.3) is 0 Å². The van der Waals surface area contributed by atoms with Crippen LogP contribution in [-0.4, -0.2) is 4.57 Å². The minimum atomic E-state index is 0.934. The maximum atomic E-state index is 5.36. The van der Waals surface area contributed by atoms with Gasteiger partial charge in [-0.25, -0.2) is 0 Å². The highest BCUT2D eigenvalue weighted by Crippen LogP contribution is 2.33. The van der Waals surface area contributed by atoms with Gasteiger partial charge in [-0.2, -0.15) is 0 Å². The van der Waals surface area contributed by atoms with Crippen molar-refractivity contribution in [3.8, 4) is 11.3 Å². The van der Waals surface area contributed by atoms with Crippen LogP contribution in [0.3, 0.4) is 0 Å². The van der Waals surface area contributed by atoms with Crippen LogP contribution in [-0.2, 0) is 6.54 Å². The van der Waals surface area contributed by atoms with Gasteiger partial charge in [0, 0.05) is 49.1 Å². The molecule has 0 radical (unpaired) electrons. The molecule has 0 N–H and O–H groups in total. The third-order valence-electron chi connectivity index (χ3n) is 5.04. The van der Waals surface area contributed by atoms with E-state index in [9.17, 15) is 0 Å². The molecule has 0 aliphatic heterocycles. The van der Waals surface area contributed by atoms with Gasteiger partial charge in [-0.1, -0.05) is 69.9 Å². The highest BCUT2D eigenvalue weighted by molar-refractivity contribution is 9.10. The number of aryl methyl sites for hydroxylation is 1. The van der Waals surface area contributed by atoms with Gasteiger partial charge in [0.1, 0.15) is 0 Å². The lowest BCUT2D eigenvalue weighted by Crippen LogP contribution is -1.97. The summed E-state index contributed by atoms with van der Waals surface area (Å²) < 4.78 is 4.74. The van der Waals surface area contributed by atoms with E-state index in [1.165, 1.54) is 66.8 Å². The summed E-state index contributed by atoms with van der Waals surface area (Å²) in [5.41, 5.74) is 2.65. The average Bonchev–Trinajstić information content (AvgIpc) is 2.95. The predicted octanol–water partition coefficient (Wildman–Crippen LogP) is 8.64. The van der Waals surface area contributed by atoms with Gasteiger partial charge in [0.15, 0.2) is 0 Å². The molecule has 142 valence electrons. The van der Waals surface area contributed by atoms with E-state index in [1.54, 1.807) is 0 Å². The summed E-state index contributed by atoms with van der Waals surface area (Å²) in [7, 11) is 0. The lowest BCUT2D eigenvalue weighted by atomic mass is 10.1. The Kier molecular flexibility index (Phi) is 8.12. The Morgan fingerprint density at radius 2 is 1.26 bits per heavy atom. The molecule has 0 atom stereocenters. The number of benzene rings is 2. The molecule has 0 saturated carbocycles. The molecule has 0 unspecified atom stereocenters. The maximum Gasteiger partial charge on any atom is 0.0492 e. The second-order valence-corrected chi connectivity index (χ2v) is 8.99. The zero-order chi connectivity index (χ0) is 19.1. The van der Waals surface area contributed by atoms with Gasteiger partial charge in [0.05, 0.1) is 0 Å². The van der Waals surface area contributed by atoms with Crippen LogP contribution in [0.15, 0.2) is 45.3 Å². The Morgan fingerprint density at radius 3 is 1.81 bits per heavy atom. The Morgan fingerprint density at radius 1 is 0.741 bits per heavy atom. The summed E-state index contributed by atoms with van der Waals surface area (Å²) in [5.74, 6) is 2.92. The van der Waals surface area contributed by atoms with E-state index in [1.807, 2.05) is 0 Å². The van der Waals surface area contributed by atoms with Crippen LogP contribution in [0.1, 0.15) is 51.4 Å². The van der Waals surface area contributed by atoms with E-state index in [0.29, 0.717) is 0 Å². The first-order valence-corrected chi connectivity index (χ1v) is 11.6. The van der Waals surface area contributed by atoms with E-state index >= 15 is 0 Å². The fourth-order valence-electron chi connectivity index (χ4n) is 3.70. The molecule has 0 spiro atoms. The fraction of sp³-hybridized carbons (Fsp3) is 0.391. The minimum Gasteiger partial charge on any atom is -0.340 e. The number of aromatic nitrogens is 1. The molecule has 2 aromatic carbocycles. The van der Waals surface area contributed by atoms with E-state index in [2.05, 4.69) is 84.1 Å². The van der Waals surface area contributed by atoms with Crippen LogP contribution in [0.2, 0.25) is 0 Å². The summed E-state index contributed by atoms with van der Waals surface area (Å²) in [4.78, 5) is 0. The van der Waals surface area contributed by atoms with Crippen LogP contribution >= 0.6 is 43.5 Å². The molecule has 1 heterocycles. The lowest BCUT2D eigenvalue weighted by Gasteiger charge is -2.08. The molecule has 0 aliphatic carbocycles. The van der Waals surface area contributed by atoms with Gasteiger partial charge in [-0.15, -0.1) is 0 Å². The first-order chi connectivity index (χ1) is 13.2. The second kappa shape index (κ2) is 10.6. The van der Waals surface area contributed by atoms with E-state index < -0.39 is 0 Å². The van der Waals surface area contributed by atoms with Crippen LogP contribution in [0.25, 0.3) is 21.8 Å². The molecule has 0 amide bonds. The summed E-state index contributed by atoms with van der Waals surface area (Å²) in [5, 5.41) is 5.09. The van der Waals surface area contributed by atoms with Crippen LogP contribution < -0.4 is 0 Å². The molecule has 3 rings (SSSR count). The number of unbranched alkanes of at least 4 members (excludes halogenated alkanes) is 7. The quantitative estimate of drug-likeness (QED) is 0.201. The number of rotatable bonds is 9. The Bertz CT molecular complexity index is 906. The van der Waals surface area contributed by atoms with Crippen molar-refractivity contribution in [2.75, 3.05) is 0 Å². The molecule has 27 heavy (non-hydrogen) atoms. The van der Waals surface area contributed by atoms with Gasteiger partial charge in [-0.05, 0) is 60.8 Å². The van der Waals surface area contributed by atoms with E-state index in [-0.39, 0.29) is 0 Å². The molecule has 0 fully saturated rings. The maximum absolute atomic E-state index is 5.36. The molecule has 1 aromatic heterocycles. The smallest absolute Gasteiger partial charge is 0.0492 e. The van der Waals surface area contributed by atoms with Crippen molar-refractivity contribution in [3.63, 3.8) is 0 Å². The van der Waals surface area contributed by atoms with Gasteiger partial charge >= 0.3 is 0 Å². The van der Waals surface area contributed by atoms with Crippen molar-refractivity contribution < 1.29 is 0 Å². The first kappa shape index (κ1) is 20.8. The topological polar surface area (TPSA) is 4.93 Å². The summed E-state index contributed by atoms with van der Waals surface area (Å²) in [6.45, 7) is 1.08. The van der Waals surface area contributed by atoms with E-state index in [0.717, 1.165) is 21.9 Å². The van der Waals surface area contributed by atoms with Crippen LogP contribution in [0.4, 0.5) is 0 Å². The zero-order valence-electron chi connectivity index (χ0n) is 15.4. The molecule has 4 heteroatoms. The Labute approximate surface area is 183 Å². The van der Waals surface area contributed by atoms with Crippen molar-refractivity contribution in [1.29, 1.82) is 0 Å². The van der Waals surface area contributed by atoms with Crippen molar-refractivity contribution in [2.45, 2.75) is 57.9 Å². The zero-order valence-corrected chi connectivity index (χ0v) is 19.3. The molecule has 0 bridgehead atoms. The van der Waals surface area contributed by atoms with Gasteiger partial charge in [0.2, 0.25) is 0 Å². The standard InChI is InChI=1S/C23H24Br2ClN/c24-18-10-12-22-20(16-18)21-17-19(25)11-13-23(21)27(22)15-9-7-5-3-1-2-4-6-8-14-26/h10-13,16-17H,1-7,9,15H2. The Balaban J connectivity index is 1.57. The minimum absolute atomic E-state index is 0.934. The molecular weight excluding hydrogens is 486 g/mol. The third-order valence-corrected chi connectivity index (χ3v) is 6.16. The van der Waals surface area contributed by atoms with Crippen molar-refractivity contribution >= 4 is 65.3 Å². The van der Waals surface area contributed by atoms with Gasteiger partial charge in [-0.3, -0.25) is 0 Å².